The Kier molecular flexibility index (Phi) is 4.02. The van der Waals surface area contributed by atoms with Gasteiger partial charge >= 0.3 is 0 Å². The summed E-state index contributed by atoms with van der Waals surface area (Å²) in [5.41, 5.74) is 1.30. The zero-order valence-corrected chi connectivity index (χ0v) is 11.1. The fourth-order valence-electron chi connectivity index (χ4n) is 1.88. The number of nitrogens with one attached hydrogen (secondary N) is 1. The van der Waals surface area contributed by atoms with Crippen LogP contribution < -0.4 is 5.32 Å². The minimum atomic E-state index is 1.03. The molecule has 0 bridgehead atoms. The third kappa shape index (κ3) is 2.47. The normalized spacial score (nSPS) is 11.1. The van der Waals surface area contributed by atoms with Crippen LogP contribution in [-0.2, 0) is 6.54 Å². The molecule has 0 fully saturated rings. The van der Waals surface area contributed by atoms with Crippen molar-refractivity contribution in [1.82, 2.24) is 9.88 Å². The number of nitrogens with zero attached hydrogens (tertiary/aromatic N) is 1. The summed E-state index contributed by atoms with van der Waals surface area (Å²) in [6, 6.07) is 8.50. The van der Waals surface area contributed by atoms with Gasteiger partial charge in [0.05, 0.1) is 0 Å². The SMILES string of the molecule is CCCNCCn1ccc2c(Br)cccc21. The first-order valence-electron chi connectivity index (χ1n) is 5.77. The zero-order valence-electron chi connectivity index (χ0n) is 9.54. The molecule has 0 radical (unpaired) electrons. The highest BCUT2D eigenvalue weighted by atomic mass is 79.9. The lowest BCUT2D eigenvalue weighted by atomic mass is 10.2. The average Bonchev–Trinajstić information content (AvgIpc) is 2.70. The third-order valence-corrected chi connectivity index (χ3v) is 3.41. The fourth-order valence-corrected chi connectivity index (χ4v) is 2.37. The molecule has 0 unspecified atom stereocenters. The van der Waals surface area contributed by atoms with Crippen molar-refractivity contribution in [2.75, 3.05) is 13.1 Å². The molecule has 1 aromatic carbocycles. The fraction of sp³-hybridized carbons (Fsp3) is 0.385. The summed E-state index contributed by atoms with van der Waals surface area (Å²) in [4.78, 5) is 0. The van der Waals surface area contributed by atoms with Gasteiger partial charge in [-0.2, -0.15) is 0 Å². The van der Waals surface area contributed by atoms with Gasteiger partial charge in [0, 0.05) is 34.7 Å². The van der Waals surface area contributed by atoms with Gasteiger partial charge in [-0.25, -0.2) is 0 Å². The van der Waals surface area contributed by atoms with Crippen LogP contribution in [0, 0.1) is 0 Å². The Bertz CT molecular complexity index is 462. The highest BCUT2D eigenvalue weighted by Crippen LogP contribution is 2.24. The predicted octanol–water partition coefficient (Wildman–Crippen LogP) is 3.40. The van der Waals surface area contributed by atoms with Crippen LogP contribution >= 0.6 is 15.9 Å². The van der Waals surface area contributed by atoms with E-state index in [1.54, 1.807) is 0 Å². The smallest absolute Gasteiger partial charge is 0.0492 e. The molecule has 0 aliphatic carbocycles. The zero-order chi connectivity index (χ0) is 11.4. The summed E-state index contributed by atoms with van der Waals surface area (Å²) in [6.07, 6.45) is 3.35. The number of hydrogen-bond acceptors (Lipinski definition) is 1. The molecule has 0 amide bonds. The van der Waals surface area contributed by atoms with Gasteiger partial charge in [0.25, 0.3) is 0 Å². The summed E-state index contributed by atoms with van der Waals surface area (Å²) in [5.74, 6) is 0. The summed E-state index contributed by atoms with van der Waals surface area (Å²) in [5, 5.41) is 4.71. The number of benzene rings is 1. The van der Waals surface area contributed by atoms with E-state index in [2.05, 4.69) is 63.2 Å². The van der Waals surface area contributed by atoms with Gasteiger partial charge in [-0.3, -0.25) is 0 Å². The van der Waals surface area contributed by atoms with Crippen LogP contribution in [0.3, 0.4) is 0 Å². The number of halogens is 1. The monoisotopic (exact) mass is 280 g/mol. The van der Waals surface area contributed by atoms with Crippen molar-refractivity contribution >= 4 is 26.8 Å². The first-order valence-corrected chi connectivity index (χ1v) is 6.56. The molecule has 2 nitrogen and oxygen atoms in total. The van der Waals surface area contributed by atoms with E-state index >= 15 is 0 Å². The van der Waals surface area contributed by atoms with Gasteiger partial charge in [-0.05, 0) is 31.2 Å². The summed E-state index contributed by atoms with van der Waals surface area (Å²) >= 11 is 3.57. The number of hydrogen-bond donors (Lipinski definition) is 1. The molecule has 1 aromatic heterocycles. The third-order valence-electron chi connectivity index (χ3n) is 2.72. The minimum absolute atomic E-state index is 1.03. The van der Waals surface area contributed by atoms with Crippen LogP contribution in [0.25, 0.3) is 10.9 Å². The molecule has 0 aliphatic rings. The molecule has 1 heterocycles. The van der Waals surface area contributed by atoms with E-state index in [0.29, 0.717) is 0 Å². The molecule has 0 spiro atoms. The Labute approximate surface area is 105 Å². The first-order chi connectivity index (χ1) is 7.83. The second kappa shape index (κ2) is 5.51. The molecular weight excluding hydrogens is 264 g/mol. The molecule has 3 heteroatoms. The van der Waals surface area contributed by atoms with Gasteiger partial charge in [0.1, 0.15) is 0 Å². The Balaban J connectivity index is 2.10. The lowest BCUT2D eigenvalue weighted by Crippen LogP contribution is -2.20. The molecule has 0 saturated heterocycles. The van der Waals surface area contributed by atoms with Crippen LogP contribution in [0.2, 0.25) is 0 Å². The summed E-state index contributed by atoms with van der Waals surface area (Å²) in [6.45, 7) is 5.35. The van der Waals surface area contributed by atoms with Crippen molar-refractivity contribution < 1.29 is 0 Å². The van der Waals surface area contributed by atoms with E-state index in [1.807, 2.05) is 0 Å². The minimum Gasteiger partial charge on any atom is -0.346 e. The van der Waals surface area contributed by atoms with E-state index in [9.17, 15) is 0 Å². The van der Waals surface area contributed by atoms with Crippen molar-refractivity contribution in [3.63, 3.8) is 0 Å². The quantitative estimate of drug-likeness (QED) is 0.831. The second-order valence-electron chi connectivity index (χ2n) is 3.93. The highest BCUT2D eigenvalue weighted by molar-refractivity contribution is 9.10. The van der Waals surface area contributed by atoms with Gasteiger partial charge in [0.2, 0.25) is 0 Å². The average molecular weight is 281 g/mol. The largest absolute Gasteiger partial charge is 0.346 e. The number of rotatable bonds is 5. The maximum absolute atomic E-state index is 3.57. The molecule has 0 aliphatic heterocycles. The van der Waals surface area contributed by atoms with Crippen molar-refractivity contribution in [1.29, 1.82) is 0 Å². The summed E-state index contributed by atoms with van der Waals surface area (Å²) in [7, 11) is 0. The second-order valence-corrected chi connectivity index (χ2v) is 4.79. The Morgan fingerprint density at radius 2 is 2.12 bits per heavy atom. The maximum Gasteiger partial charge on any atom is 0.0492 e. The Morgan fingerprint density at radius 3 is 2.94 bits per heavy atom. The molecule has 0 saturated carbocycles. The molecular formula is C13H17BrN2. The van der Waals surface area contributed by atoms with Crippen LogP contribution in [0.5, 0.6) is 0 Å². The van der Waals surface area contributed by atoms with E-state index < -0.39 is 0 Å². The van der Waals surface area contributed by atoms with Crippen molar-refractivity contribution in [3.8, 4) is 0 Å². The maximum atomic E-state index is 3.57. The van der Waals surface area contributed by atoms with Gasteiger partial charge in [-0.15, -0.1) is 0 Å². The molecule has 2 rings (SSSR count). The Hall–Kier alpha value is -0.800. The van der Waals surface area contributed by atoms with E-state index in [-0.39, 0.29) is 0 Å². The lowest BCUT2D eigenvalue weighted by Gasteiger charge is -2.06. The van der Waals surface area contributed by atoms with E-state index in [4.69, 9.17) is 0 Å². The van der Waals surface area contributed by atoms with E-state index in [1.165, 1.54) is 21.8 Å². The predicted molar refractivity (Wildman–Crippen MR) is 72.8 cm³/mol. The standard InChI is InChI=1S/C13H17BrN2/c1-2-7-15-8-10-16-9-6-11-12(14)4-3-5-13(11)16/h3-6,9,15H,2,7-8,10H2,1H3. The van der Waals surface area contributed by atoms with Crippen LogP contribution in [0.4, 0.5) is 0 Å². The number of fused-ring (bicyclic) bond motifs is 1. The van der Waals surface area contributed by atoms with Crippen molar-refractivity contribution in [2.24, 2.45) is 0 Å². The van der Waals surface area contributed by atoms with Gasteiger partial charge < -0.3 is 9.88 Å². The summed E-state index contributed by atoms with van der Waals surface area (Å²) < 4.78 is 3.47. The lowest BCUT2D eigenvalue weighted by molar-refractivity contribution is 0.604. The van der Waals surface area contributed by atoms with E-state index in [0.717, 1.165) is 19.6 Å². The van der Waals surface area contributed by atoms with Gasteiger partial charge in [0.15, 0.2) is 0 Å². The van der Waals surface area contributed by atoms with Crippen molar-refractivity contribution in [2.45, 2.75) is 19.9 Å². The Morgan fingerprint density at radius 1 is 1.25 bits per heavy atom. The van der Waals surface area contributed by atoms with Gasteiger partial charge in [-0.1, -0.05) is 28.9 Å². The molecule has 86 valence electrons. The molecule has 16 heavy (non-hydrogen) atoms. The van der Waals surface area contributed by atoms with Crippen LogP contribution in [0.15, 0.2) is 34.9 Å². The number of aromatic nitrogens is 1. The molecule has 1 N–H and O–H groups in total. The molecule has 2 aromatic rings. The molecule has 0 atom stereocenters. The first kappa shape index (κ1) is 11.7. The van der Waals surface area contributed by atoms with Crippen LogP contribution in [-0.4, -0.2) is 17.7 Å². The van der Waals surface area contributed by atoms with Crippen LogP contribution in [0.1, 0.15) is 13.3 Å². The highest BCUT2D eigenvalue weighted by Gasteiger charge is 2.02. The topological polar surface area (TPSA) is 17.0 Å². The van der Waals surface area contributed by atoms with Crippen molar-refractivity contribution in [3.05, 3.63) is 34.9 Å².